The van der Waals surface area contributed by atoms with Crippen LogP contribution in [0.1, 0.15) is 36.9 Å². The summed E-state index contributed by atoms with van der Waals surface area (Å²) in [5.41, 5.74) is 14.6. The van der Waals surface area contributed by atoms with Crippen LogP contribution in [0.25, 0.3) is 21.3 Å². The molecular formula is C19H20ClN5. The number of hydrogen-bond donors (Lipinski definition) is 1. The highest BCUT2D eigenvalue weighted by Gasteiger charge is 2.33. The molecule has 2 atom stereocenters. The molecule has 1 aromatic heterocycles. The lowest BCUT2D eigenvalue weighted by molar-refractivity contribution is 0.433. The van der Waals surface area contributed by atoms with Gasteiger partial charge >= 0.3 is 0 Å². The summed E-state index contributed by atoms with van der Waals surface area (Å²) in [7, 11) is 0. The van der Waals surface area contributed by atoms with E-state index in [9.17, 15) is 0 Å². The maximum Gasteiger partial charge on any atom is 0.0741 e. The number of halogens is 1. The van der Waals surface area contributed by atoms with Gasteiger partial charge in [0, 0.05) is 45.4 Å². The van der Waals surface area contributed by atoms with Crippen LogP contribution in [0, 0.1) is 5.92 Å². The van der Waals surface area contributed by atoms with Crippen LogP contribution in [-0.4, -0.2) is 18.1 Å². The molecule has 1 N–H and O–H groups in total. The van der Waals surface area contributed by atoms with Crippen LogP contribution in [-0.2, 0) is 6.42 Å². The van der Waals surface area contributed by atoms with E-state index in [0.717, 1.165) is 29.4 Å². The zero-order valence-electron chi connectivity index (χ0n) is 14.2. The predicted molar refractivity (Wildman–Crippen MR) is 102 cm³/mol. The summed E-state index contributed by atoms with van der Waals surface area (Å²) >= 11 is 6.19. The highest BCUT2D eigenvalue weighted by atomic mass is 35.5. The lowest BCUT2D eigenvalue weighted by atomic mass is 9.71. The fourth-order valence-electron chi connectivity index (χ4n) is 4.35. The number of rotatable bonds is 4. The Kier molecular flexibility index (Phi) is 4.28. The van der Waals surface area contributed by atoms with Crippen molar-refractivity contribution in [2.45, 2.75) is 32.1 Å². The van der Waals surface area contributed by atoms with Crippen molar-refractivity contribution >= 4 is 28.2 Å². The number of allylic oxidation sites excluding steroid dienone is 2. The minimum atomic E-state index is 0.425. The maximum atomic E-state index is 8.50. The SMILES string of the molecule is CC1=CC2Cc3nc4cc(Cl)ccc4c(NCCN=[N+]=[N-])c3C(C1)C2. The monoisotopic (exact) mass is 353 g/mol. The van der Waals surface area contributed by atoms with E-state index >= 15 is 0 Å². The first-order valence-corrected chi connectivity index (χ1v) is 9.07. The van der Waals surface area contributed by atoms with Crippen LogP contribution in [0.5, 0.6) is 0 Å². The second kappa shape index (κ2) is 6.58. The van der Waals surface area contributed by atoms with Gasteiger partial charge in [-0.1, -0.05) is 28.4 Å². The number of anilines is 1. The lowest BCUT2D eigenvalue weighted by Crippen LogP contribution is -2.24. The van der Waals surface area contributed by atoms with Crippen LogP contribution < -0.4 is 5.32 Å². The smallest absolute Gasteiger partial charge is 0.0741 e. The van der Waals surface area contributed by atoms with E-state index in [-0.39, 0.29) is 0 Å². The molecule has 1 aromatic carbocycles. The molecule has 0 saturated heterocycles. The summed E-state index contributed by atoms with van der Waals surface area (Å²) in [4.78, 5) is 7.79. The number of hydrogen-bond acceptors (Lipinski definition) is 3. The molecule has 2 aliphatic carbocycles. The molecule has 2 unspecified atom stereocenters. The highest BCUT2D eigenvalue weighted by molar-refractivity contribution is 6.31. The number of fused-ring (bicyclic) bond motifs is 5. The average Bonchev–Trinajstić information content (AvgIpc) is 2.57. The van der Waals surface area contributed by atoms with Crippen molar-refractivity contribution in [3.8, 4) is 0 Å². The number of nitrogens with one attached hydrogen (secondary N) is 1. The lowest BCUT2D eigenvalue weighted by Gasteiger charge is -2.36. The highest BCUT2D eigenvalue weighted by Crippen LogP contribution is 2.47. The molecule has 2 aromatic rings. The van der Waals surface area contributed by atoms with E-state index in [1.807, 2.05) is 18.2 Å². The largest absolute Gasteiger partial charge is 0.384 e. The Balaban J connectivity index is 1.84. The first kappa shape index (κ1) is 16.2. The Bertz CT molecular complexity index is 914. The second-order valence-corrected chi connectivity index (χ2v) is 7.44. The van der Waals surface area contributed by atoms with Gasteiger partial charge < -0.3 is 5.32 Å². The molecule has 128 valence electrons. The summed E-state index contributed by atoms with van der Waals surface area (Å²) in [6.45, 7) is 3.27. The summed E-state index contributed by atoms with van der Waals surface area (Å²) in [6.07, 6.45) is 5.68. The number of pyridine rings is 1. The first-order chi connectivity index (χ1) is 12.2. The third-order valence-electron chi connectivity index (χ3n) is 5.18. The number of aromatic nitrogens is 1. The van der Waals surface area contributed by atoms with Gasteiger partial charge in [0.2, 0.25) is 0 Å². The second-order valence-electron chi connectivity index (χ2n) is 7.00. The van der Waals surface area contributed by atoms with E-state index in [2.05, 4.69) is 28.3 Å². The third-order valence-corrected chi connectivity index (χ3v) is 5.42. The Labute approximate surface area is 151 Å². The van der Waals surface area contributed by atoms with Gasteiger partial charge in [-0.25, -0.2) is 0 Å². The van der Waals surface area contributed by atoms with Crippen molar-refractivity contribution in [2.75, 3.05) is 18.4 Å². The Morgan fingerprint density at radius 3 is 3.12 bits per heavy atom. The van der Waals surface area contributed by atoms with Gasteiger partial charge in [0.1, 0.15) is 0 Å². The minimum Gasteiger partial charge on any atom is -0.384 e. The van der Waals surface area contributed by atoms with E-state index in [1.165, 1.54) is 23.3 Å². The van der Waals surface area contributed by atoms with Crippen molar-refractivity contribution in [1.82, 2.24) is 4.98 Å². The number of nitrogens with zero attached hydrogens (tertiary/aromatic N) is 4. The van der Waals surface area contributed by atoms with Gasteiger partial charge in [0.25, 0.3) is 0 Å². The average molecular weight is 354 g/mol. The first-order valence-electron chi connectivity index (χ1n) is 8.69. The predicted octanol–water partition coefficient (Wildman–Crippen LogP) is 5.61. The van der Waals surface area contributed by atoms with E-state index < -0.39 is 0 Å². The third kappa shape index (κ3) is 3.06. The van der Waals surface area contributed by atoms with Gasteiger partial charge in [-0.2, -0.15) is 0 Å². The molecule has 2 aliphatic rings. The summed E-state index contributed by atoms with van der Waals surface area (Å²) in [5, 5.41) is 8.95. The van der Waals surface area contributed by atoms with Crippen molar-refractivity contribution in [3.63, 3.8) is 0 Å². The maximum absolute atomic E-state index is 8.50. The quantitative estimate of drug-likeness (QED) is 0.255. The van der Waals surface area contributed by atoms with Gasteiger partial charge in [-0.05, 0) is 61.8 Å². The molecule has 0 fully saturated rings. The van der Waals surface area contributed by atoms with Gasteiger partial charge in [-0.3, -0.25) is 4.98 Å². The van der Waals surface area contributed by atoms with Crippen molar-refractivity contribution in [3.05, 3.63) is 56.6 Å². The normalized spacial score (nSPS) is 21.3. The van der Waals surface area contributed by atoms with Crippen LogP contribution in [0.4, 0.5) is 5.69 Å². The molecule has 0 aliphatic heterocycles. The van der Waals surface area contributed by atoms with Crippen molar-refractivity contribution in [1.29, 1.82) is 0 Å². The van der Waals surface area contributed by atoms with Crippen LogP contribution in [0.15, 0.2) is 35.0 Å². The molecule has 2 bridgehead atoms. The molecule has 0 radical (unpaired) electrons. The zero-order valence-corrected chi connectivity index (χ0v) is 14.9. The number of azide groups is 1. The van der Waals surface area contributed by atoms with E-state index in [1.54, 1.807) is 0 Å². The summed E-state index contributed by atoms with van der Waals surface area (Å²) < 4.78 is 0. The molecule has 0 spiro atoms. The fraction of sp³-hybridized carbons (Fsp3) is 0.421. The van der Waals surface area contributed by atoms with E-state index in [4.69, 9.17) is 22.1 Å². The van der Waals surface area contributed by atoms with Crippen molar-refractivity contribution < 1.29 is 0 Å². The van der Waals surface area contributed by atoms with Crippen molar-refractivity contribution in [2.24, 2.45) is 11.0 Å². The molecule has 0 amide bonds. The summed E-state index contributed by atoms with van der Waals surface area (Å²) in [6, 6.07) is 5.88. The van der Waals surface area contributed by atoms with Crippen LogP contribution >= 0.6 is 11.6 Å². The molecule has 6 heteroatoms. The molecule has 25 heavy (non-hydrogen) atoms. The fourth-order valence-corrected chi connectivity index (χ4v) is 4.52. The van der Waals surface area contributed by atoms with E-state index in [0.29, 0.717) is 29.9 Å². The zero-order chi connectivity index (χ0) is 17.4. The minimum absolute atomic E-state index is 0.425. The Morgan fingerprint density at radius 1 is 1.40 bits per heavy atom. The topological polar surface area (TPSA) is 73.7 Å². The standard InChI is InChI=1S/C19H20ClN5/c1-11-6-12-8-13(7-11)18-17(9-12)24-16-10-14(20)2-3-15(16)19(18)22-4-5-23-25-21/h2-3,6,10,12-13H,4-5,7-9H2,1H3,(H,22,24). The van der Waals surface area contributed by atoms with Gasteiger partial charge in [0.05, 0.1) is 5.52 Å². The van der Waals surface area contributed by atoms with Crippen LogP contribution in [0.2, 0.25) is 5.02 Å². The molecular weight excluding hydrogens is 334 g/mol. The molecule has 4 rings (SSSR count). The Hall–Kier alpha value is -2.23. The molecule has 1 heterocycles. The Morgan fingerprint density at radius 2 is 2.28 bits per heavy atom. The van der Waals surface area contributed by atoms with Crippen LogP contribution in [0.3, 0.4) is 0 Å². The molecule has 5 nitrogen and oxygen atoms in total. The summed E-state index contributed by atoms with van der Waals surface area (Å²) in [5.74, 6) is 1.10. The van der Waals surface area contributed by atoms with Gasteiger partial charge in [-0.15, -0.1) is 0 Å². The van der Waals surface area contributed by atoms with Gasteiger partial charge in [0.15, 0.2) is 0 Å². The molecule has 0 saturated carbocycles. The number of benzene rings is 1.